The summed E-state index contributed by atoms with van der Waals surface area (Å²) < 4.78 is 5.83. The maximum absolute atomic E-state index is 6.17. The molecule has 3 N–H and O–H groups in total. The average molecular weight is 375 g/mol. The first-order valence-corrected chi connectivity index (χ1v) is 8.26. The van der Waals surface area contributed by atoms with Crippen LogP contribution in [0.3, 0.4) is 0 Å². The van der Waals surface area contributed by atoms with Crippen molar-refractivity contribution in [1.29, 1.82) is 0 Å². The lowest BCUT2D eigenvalue weighted by Gasteiger charge is -2.13. The zero-order chi connectivity index (χ0) is 18.0. The summed E-state index contributed by atoms with van der Waals surface area (Å²) in [5.41, 5.74) is 9.25. The Morgan fingerprint density at radius 1 is 1.00 bits per heavy atom. The van der Waals surface area contributed by atoms with Gasteiger partial charge >= 0.3 is 0 Å². The molecule has 1 heterocycles. The maximum atomic E-state index is 6.17. The molecule has 3 aromatic rings. The van der Waals surface area contributed by atoms with Gasteiger partial charge in [-0.15, -0.1) is 0 Å². The van der Waals surface area contributed by atoms with Crippen molar-refractivity contribution < 1.29 is 4.74 Å². The minimum atomic E-state index is 0.271. The summed E-state index contributed by atoms with van der Waals surface area (Å²) in [6, 6.07) is 11.0. The van der Waals surface area contributed by atoms with Gasteiger partial charge in [0, 0.05) is 5.02 Å². The second kappa shape index (κ2) is 7.17. The monoisotopic (exact) mass is 374 g/mol. The van der Waals surface area contributed by atoms with E-state index in [2.05, 4.69) is 21.4 Å². The Balaban J connectivity index is 1.89. The lowest BCUT2D eigenvalue weighted by molar-refractivity contribution is 0.464. The predicted molar refractivity (Wildman–Crippen MR) is 102 cm³/mol. The number of rotatable bonds is 4. The highest BCUT2D eigenvalue weighted by atomic mass is 35.5. The zero-order valence-corrected chi connectivity index (χ0v) is 15.2. The second-order valence-electron chi connectivity index (χ2n) is 5.62. The Morgan fingerprint density at radius 2 is 1.72 bits per heavy atom. The van der Waals surface area contributed by atoms with Crippen molar-refractivity contribution >= 4 is 40.4 Å². The van der Waals surface area contributed by atoms with E-state index in [1.807, 2.05) is 26.0 Å². The molecule has 0 aliphatic heterocycles. The third kappa shape index (κ3) is 4.13. The summed E-state index contributed by atoms with van der Waals surface area (Å²) in [4.78, 5) is 8.27. The summed E-state index contributed by atoms with van der Waals surface area (Å²) in [7, 11) is 0. The van der Waals surface area contributed by atoms with Crippen molar-refractivity contribution in [3.63, 3.8) is 0 Å². The SMILES string of the molecule is Cc1cc(C)cc(Oc2ncnc(Nc3ccc(Cl)cc3Cl)c2N)c1. The summed E-state index contributed by atoms with van der Waals surface area (Å²) >= 11 is 12.1. The smallest absolute Gasteiger partial charge is 0.248 e. The van der Waals surface area contributed by atoms with Gasteiger partial charge in [0.1, 0.15) is 17.8 Å². The van der Waals surface area contributed by atoms with Gasteiger partial charge in [-0.3, -0.25) is 0 Å². The van der Waals surface area contributed by atoms with Crippen molar-refractivity contribution in [3.8, 4) is 11.6 Å². The fourth-order valence-corrected chi connectivity index (χ4v) is 2.84. The first-order valence-electron chi connectivity index (χ1n) is 7.51. The Hall–Kier alpha value is -2.50. The number of nitrogens with two attached hydrogens (primary N) is 1. The number of benzene rings is 2. The number of nitrogen functional groups attached to an aromatic ring is 1. The highest BCUT2D eigenvalue weighted by Gasteiger charge is 2.12. The predicted octanol–water partition coefficient (Wildman–Crippen LogP) is 5.52. The lowest BCUT2D eigenvalue weighted by Crippen LogP contribution is -2.03. The summed E-state index contributed by atoms with van der Waals surface area (Å²) in [5, 5.41) is 4.08. The van der Waals surface area contributed by atoms with Crippen LogP contribution in [-0.2, 0) is 0 Å². The van der Waals surface area contributed by atoms with Crippen LogP contribution in [0.1, 0.15) is 11.1 Å². The summed E-state index contributed by atoms with van der Waals surface area (Å²) in [5.74, 6) is 1.34. The van der Waals surface area contributed by atoms with Gasteiger partial charge in [-0.05, 0) is 55.3 Å². The van der Waals surface area contributed by atoms with Gasteiger partial charge in [-0.25, -0.2) is 4.98 Å². The molecule has 0 radical (unpaired) electrons. The van der Waals surface area contributed by atoms with Crippen molar-refractivity contribution in [1.82, 2.24) is 9.97 Å². The molecule has 0 unspecified atom stereocenters. The third-order valence-corrected chi connectivity index (χ3v) is 3.99. The lowest BCUT2D eigenvalue weighted by atomic mass is 10.1. The number of aromatic nitrogens is 2. The quantitative estimate of drug-likeness (QED) is 0.628. The van der Waals surface area contributed by atoms with Crippen LogP contribution in [-0.4, -0.2) is 9.97 Å². The molecule has 0 aliphatic rings. The van der Waals surface area contributed by atoms with Crippen molar-refractivity contribution in [2.24, 2.45) is 0 Å². The van der Waals surface area contributed by atoms with E-state index in [1.54, 1.807) is 18.2 Å². The minimum Gasteiger partial charge on any atom is -0.437 e. The van der Waals surface area contributed by atoms with Gasteiger partial charge < -0.3 is 15.8 Å². The topological polar surface area (TPSA) is 73.1 Å². The number of hydrogen-bond donors (Lipinski definition) is 2. The van der Waals surface area contributed by atoms with Crippen molar-refractivity contribution in [2.45, 2.75) is 13.8 Å². The molecule has 0 aliphatic carbocycles. The Labute approximate surface area is 155 Å². The van der Waals surface area contributed by atoms with Crippen LogP contribution in [0.5, 0.6) is 11.6 Å². The average Bonchev–Trinajstić information content (AvgIpc) is 2.52. The van der Waals surface area contributed by atoms with Gasteiger partial charge in [0.2, 0.25) is 5.88 Å². The molecule has 0 bridgehead atoms. The number of nitrogens with one attached hydrogen (secondary N) is 1. The summed E-state index contributed by atoms with van der Waals surface area (Å²) in [6.07, 6.45) is 1.38. The van der Waals surface area contributed by atoms with Crippen LogP contribution < -0.4 is 15.8 Å². The van der Waals surface area contributed by atoms with E-state index in [0.29, 0.717) is 27.3 Å². The molecule has 0 fully saturated rings. The van der Waals surface area contributed by atoms with E-state index in [-0.39, 0.29) is 11.6 Å². The molecule has 2 aromatic carbocycles. The number of hydrogen-bond acceptors (Lipinski definition) is 5. The van der Waals surface area contributed by atoms with Crippen LogP contribution in [0.15, 0.2) is 42.7 Å². The number of ether oxygens (including phenoxy) is 1. The number of anilines is 3. The maximum Gasteiger partial charge on any atom is 0.248 e. The molecule has 128 valence electrons. The van der Waals surface area contributed by atoms with Crippen LogP contribution in [0, 0.1) is 13.8 Å². The molecule has 25 heavy (non-hydrogen) atoms. The summed E-state index contributed by atoms with van der Waals surface area (Å²) in [6.45, 7) is 4.00. The molecule has 1 aromatic heterocycles. The number of nitrogens with zero attached hydrogens (tertiary/aromatic N) is 2. The Morgan fingerprint density at radius 3 is 2.40 bits per heavy atom. The molecule has 0 saturated carbocycles. The molecule has 3 rings (SSSR count). The van der Waals surface area contributed by atoms with E-state index >= 15 is 0 Å². The normalized spacial score (nSPS) is 10.6. The zero-order valence-electron chi connectivity index (χ0n) is 13.7. The van der Waals surface area contributed by atoms with E-state index in [9.17, 15) is 0 Å². The molecular formula is C18H16Cl2N4O. The van der Waals surface area contributed by atoms with Crippen LogP contribution >= 0.6 is 23.2 Å². The van der Waals surface area contributed by atoms with E-state index in [4.69, 9.17) is 33.7 Å². The highest BCUT2D eigenvalue weighted by Crippen LogP contribution is 2.34. The van der Waals surface area contributed by atoms with E-state index in [1.165, 1.54) is 6.33 Å². The van der Waals surface area contributed by atoms with Gasteiger partial charge in [0.05, 0.1) is 10.7 Å². The minimum absolute atomic E-state index is 0.271. The van der Waals surface area contributed by atoms with Gasteiger partial charge in [-0.1, -0.05) is 29.3 Å². The molecular weight excluding hydrogens is 359 g/mol. The van der Waals surface area contributed by atoms with Crippen LogP contribution in [0.25, 0.3) is 0 Å². The third-order valence-electron chi connectivity index (χ3n) is 3.44. The highest BCUT2D eigenvalue weighted by molar-refractivity contribution is 6.36. The first-order chi connectivity index (χ1) is 11.9. The van der Waals surface area contributed by atoms with E-state index < -0.39 is 0 Å². The number of halogens is 2. The number of aryl methyl sites for hydroxylation is 2. The molecule has 0 atom stereocenters. The van der Waals surface area contributed by atoms with Gasteiger partial charge in [0.15, 0.2) is 5.82 Å². The van der Waals surface area contributed by atoms with Crippen LogP contribution in [0.4, 0.5) is 17.2 Å². The standard InChI is InChI=1S/C18H16Cl2N4O/c1-10-5-11(2)7-13(6-10)25-18-16(21)17(22-9-23-18)24-15-4-3-12(19)8-14(15)20/h3-9H,21H2,1-2H3,(H,22,23,24). The van der Waals surface area contributed by atoms with Crippen LogP contribution in [0.2, 0.25) is 10.0 Å². The molecule has 7 heteroatoms. The molecule has 0 saturated heterocycles. The molecule has 0 amide bonds. The largest absolute Gasteiger partial charge is 0.437 e. The van der Waals surface area contributed by atoms with Gasteiger partial charge in [0.25, 0.3) is 0 Å². The molecule has 5 nitrogen and oxygen atoms in total. The Bertz CT molecular complexity index is 911. The second-order valence-corrected chi connectivity index (χ2v) is 6.46. The molecule has 0 spiro atoms. The van der Waals surface area contributed by atoms with Crippen molar-refractivity contribution in [2.75, 3.05) is 11.1 Å². The fraction of sp³-hybridized carbons (Fsp3) is 0.111. The van der Waals surface area contributed by atoms with E-state index in [0.717, 1.165) is 11.1 Å². The van der Waals surface area contributed by atoms with Crippen molar-refractivity contribution in [3.05, 3.63) is 63.9 Å². The fourth-order valence-electron chi connectivity index (χ4n) is 2.38. The first kappa shape index (κ1) is 17.3. The Kier molecular flexibility index (Phi) is 4.97. The van der Waals surface area contributed by atoms with Gasteiger partial charge in [-0.2, -0.15) is 4.98 Å².